The Balaban J connectivity index is 1.12. The summed E-state index contributed by atoms with van der Waals surface area (Å²) in [6, 6.07) is 48.6. The molecule has 5 nitrogen and oxygen atoms in total. The number of anilines is 4. The van der Waals surface area contributed by atoms with Crippen molar-refractivity contribution in [3.63, 3.8) is 0 Å². The van der Waals surface area contributed by atoms with E-state index in [1.165, 1.54) is 70.2 Å². The summed E-state index contributed by atoms with van der Waals surface area (Å²) in [4.78, 5) is 9.95. The van der Waals surface area contributed by atoms with Crippen LogP contribution in [0.2, 0.25) is 0 Å². The molecule has 0 amide bonds. The number of hydrogen-bond acceptors (Lipinski definition) is 5. The molecule has 60 heavy (non-hydrogen) atoms. The van der Waals surface area contributed by atoms with Crippen molar-refractivity contribution >= 4 is 76.1 Å². The highest BCUT2D eigenvalue weighted by molar-refractivity contribution is 7.27. The van der Waals surface area contributed by atoms with E-state index in [-0.39, 0.29) is 16.2 Å². The lowest BCUT2D eigenvalue weighted by Crippen LogP contribution is -2.27. The Hall–Kier alpha value is -6.11. The van der Waals surface area contributed by atoms with Crippen molar-refractivity contribution in [3.05, 3.63) is 156 Å². The Kier molecular flexibility index (Phi) is 8.71. The van der Waals surface area contributed by atoms with E-state index in [9.17, 15) is 0 Å². The van der Waals surface area contributed by atoms with Gasteiger partial charge in [-0.15, -0.1) is 11.3 Å². The molecule has 6 aromatic carbocycles. The van der Waals surface area contributed by atoms with Gasteiger partial charge in [-0.3, -0.25) is 4.57 Å². The standard InChI is InChI=1S/C54H52N4OS/c1-52(2,3)35-26-27-55-48(30-35)58-46-32-38(23-24-41(46)51-50(58)49-40-17-11-10-16-34(40)22-25-47(49)60-51)59-39-29-36(53(4,5)6)28-37(31-39)56-33-57(45-21-15-14-20-44(45)56)43-19-13-12-18-42(43)54(7,8)9/h10-32H,33H2,1-9H3. The molecule has 300 valence electrons. The molecule has 0 atom stereocenters. The lowest BCUT2D eigenvalue weighted by molar-refractivity contribution is 0.479. The van der Waals surface area contributed by atoms with Crippen molar-refractivity contribution in [3.8, 4) is 17.3 Å². The van der Waals surface area contributed by atoms with Crippen molar-refractivity contribution in [1.29, 1.82) is 0 Å². The van der Waals surface area contributed by atoms with Gasteiger partial charge in [0.1, 0.15) is 24.0 Å². The molecule has 0 saturated heterocycles. The molecule has 10 rings (SSSR count). The molecule has 1 aliphatic rings. The fraction of sp³-hybridized carbons (Fsp3) is 0.241. The van der Waals surface area contributed by atoms with Crippen LogP contribution in [0.4, 0.5) is 22.7 Å². The van der Waals surface area contributed by atoms with Gasteiger partial charge in [0.05, 0.1) is 27.1 Å². The van der Waals surface area contributed by atoms with Gasteiger partial charge in [-0.2, -0.15) is 0 Å². The van der Waals surface area contributed by atoms with E-state index in [0.717, 1.165) is 28.5 Å². The highest BCUT2D eigenvalue weighted by atomic mass is 32.1. The molecule has 6 heteroatoms. The second-order valence-corrected chi connectivity index (χ2v) is 20.5. The van der Waals surface area contributed by atoms with E-state index in [4.69, 9.17) is 9.72 Å². The van der Waals surface area contributed by atoms with Crippen LogP contribution in [0.25, 0.3) is 47.8 Å². The first-order valence-corrected chi connectivity index (χ1v) is 21.9. The highest BCUT2D eigenvalue weighted by Crippen LogP contribution is 2.49. The predicted molar refractivity (Wildman–Crippen MR) is 256 cm³/mol. The Morgan fingerprint density at radius 3 is 2.02 bits per heavy atom. The molecule has 3 aromatic heterocycles. The van der Waals surface area contributed by atoms with Crippen molar-refractivity contribution in [2.45, 2.75) is 78.6 Å². The summed E-state index contributed by atoms with van der Waals surface area (Å²) in [6.45, 7) is 21.2. The van der Waals surface area contributed by atoms with E-state index in [0.29, 0.717) is 6.67 Å². The third-order valence-electron chi connectivity index (χ3n) is 12.1. The normalized spacial score (nSPS) is 13.6. The van der Waals surface area contributed by atoms with Gasteiger partial charge in [-0.1, -0.05) is 123 Å². The maximum atomic E-state index is 7.01. The summed E-state index contributed by atoms with van der Waals surface area (Å²) in [5.74, 6) is 2.51. The molecule has 0 saturated carbocycles. The van der Waals surface area contributed by atoms with Crippen LogP contribution in [0.15, 0.2) is 140 Å². The fourth-order valence-electron chi connectivity index (χ4n) is 8.92. The summed E-state index contributed by atoms with van der Waals surface area (Å²) in [5.41, 5.74) is 10.6. The van der Waals surface area contributed by atoms with E-state index in [2.05, 4.69) is 210 Å². The average Bonchev–Trinajstić information content (AvgIpc) is 3.89. The zero-order valence-electron chi connectivity index (χ0n) is 36.1. The second kappa shape index (κ2) is 13.7. The monoisotopic (exact) mass is 804 g/mol. The van der Waals surface area contributed by atoms with E-state index >= 15 is 0 Å². The minimum atomic E-state index is -0.109. The van der Waals surface area contributed by atoms with Crippen molar-refractivity contribution in [2.24, 2.45) is 0 Å². The van der Waals surface area contributed by atoms with Crippen LogP contribution in [-0.2, 0) is 16.2 Å². The zero-order chi connectivity index (χ0) is 41.7. The SMILES string of the molecule is CC(C)(C)c1cc(Oc2ccc3c4sc5ccc6ccccc6c5c4n(-c4cc(C(C)(C)C)ccn4)c3c2)cc(N2CN(c3ccccc3C(C)(C)C)c3ccccc32)c1. The zero-order valence-corrected chi connectivity index (χ0v) is 36.9. The number of benzene rings is 6. The van der Waals surface area contributed by atoms with Gasteiger partial charge < -0.3 is 14.5 Å². The number of aromatic nitrogens is 2. The molecule has 0 aliphatic carbocycles. The van der Waals surface area contributed by atoms with E-state index in [1.807, 2.05) is 17.5 Å². The maximum Gasteiger partial charge on any atom is 0.137 e. The average molecular weight is 805 g/mol. The highest BCUT2D eigenvalue weighted by Gasteiger charge is 2.32. The molecular formula is C54H52N4OS. The van der Waals surface area contributed by atoms with Crippen molar-refractivity contribution in [1.82, 2.24) is 9.55 Å². The topological polar surface area (TPSA) is 33.5 Å². The third-order valence-corrected chi connectivity index (χ3v) is 13.3. The number of thiophene rings is 1. The van der Waals surface area contributed by atoms with Crippen LogP contribution in [0.3, 0.4) is 0 Å². The van der Waals surface area contributed by atoms with Crippen LogP contribution < -0.4 is 14.5 Å². The maximum absolute atomic E-state index is 7.01. The van der Waals surface area contributed by atoms with Gasteiger partial charge in [0.2, 0.25) is 0 Å². The van der Waals surface area contributed by atoms with Gasteiger partial charge in [0, 0.05) is 45.2 Å². The lowest BCUT2D eigenvalue weighted by atomic mass is 9.85. The van der Waals surface area contributed by atoms with E-state index in [1.54, 1.807) is 0 Å². The van der Waals surface area contributed by atoms with Crippen LogP contribution in [-0.4, -0.2) is 16.2 Å². The third kappa shape index (κ3) is 6.40. The first-order chi connectivity index (χ1) is 28.6. The van der Waals surface area contributed by atoms with Crippen LogP contribution in [0.5, 0.6) is 11.5 Å². The molecule has 0 fully saturated rings. The van der Waals surface area contributed by atoms with Gasteiger partial charge >= 0.3 is 0 Å². The summed E-state index contributed by atoms with van der Waals surface area (Å²) < 4.78 is 11.9. The summed E-state index contributed by atoms with van der Waals surface area (Å²) >= 11 is 1.86. The van der Waals surface area contributed by atoms with Crippen molar-refractivity contribution < 1.29 is 4.74 Å². The lowest BCUT2D eigenvalue weighted by Gasteiger charge is -2.30. The van der Waals surface area contributed by atoms with E-state index < -0.39 is 0 Å². The summed E-state index contributed by atoms with van der Waals surface area (Å²) in [7, 11) is 0. The first kappa shape index (κ1) is 38.1. The first-order valence-electron chi connectivity index (χ1n) is 21.1. The molecule has 0 radical (unpaired) electrons. The van der Waals surface area contributed by atoms with Crippen LogP contribution in [0, 0.1) is 0 Å². The smallest absolute Gasteiger partial charge is 0.137 e. The summed E-state index contributed by atoms with van der Waals surface area (Å²) in [5, 5.41) is 4.95. The molecule has 4 heterocycles. The number of fused-ring (bicyclic) bond motifs is 8. The Morgan fingerprint density at radius 1 is 0.567 bits per heavy atom. The van der Waals surface area contributed by atoms with Gasteiger partial charge in [-0.05, 0) is 104 Å². The minimum absolute atomic E-state index is 0.00542. The van der Waals surface area contributed by atoms with Gasteiger partial charge in [0.25, 0.3) is 0 Å². The largest absolute Gasteiger partial charge is 0.457 e. The van der Waals surface area contributed by atoms with Crippen LogP contribution >= 0.6 is 11.3 Å². The Labute approximate surface area is 357 Å². The molecule has 0 bridgehead atoms. The Bertz CT molecular complexity index is 3130. The molecule has 1 aliphatic heterocycles. The number of rotatable bonds is 5. The number of hydrogen-bond donors (Lipinski definition) is 0. The summed E-state index contributed by atoms with van der Waals surface area (Å²) in [6.07, 6.45) is 1.96. The molecule has 9 aromatic rings. The second-order valence-electron chi connectivity index (χ2n) is 19.4. The van der Waals surface area contributed by atoms with Crippen molar-refractivity contribution in [2.75, 3.05) is 16.5 Å². The molecule has 0 unspecified atom stereocenters. The number of para-hydroxylation sites is 3. The number of ether oxygens (including phenoxy) is 1. The number of pyridine rings is 1. The predicted octanol–water partition coefficient (Wildman–Crippen LogP) is 15.5. The molecule has 0 N–H and O–H groups in total. The minimum Gasteiger partial charge on any atom is -0.457 e. The fourth-order valence-corrected chi connectivity index (χ4v) is 10.2. The molecular weight excluding hydrogens is 753 g/mol. The number of nitrogens with zero attached hydrogens (tertiary/aromatic N) is 4. The van der Waals surface area contributed by atoms with Gasteiger partial charge in [-0.25, -0.2) is 4.98 Å². The van der Waals surface area contributed by atoms with Gasteiger partial charge in [0.15, 0.2) is 0 Å². The Morgan fingerprint density at radius 2 is 1.27 bits per heavy atom. The quantitative estimate of drug-likeness (QED) is 0.173. The van der Waals surface area contributed by atoms with Crippen LogP contribution in [0.1, 0.15) is 79.0 Å². The molecule has 0 spiro atoms.